The quantitative estimate of drug-likeness (QED) is 0.379. The van der Waals surface area contributed by atoms with E-state index in [0.717, 1.165) is 77.6 Å². The predicted octanol–water partition coefficient (Wildman–Crippen LogP) is 4.25. The highest BCUT2D eigenvalue weighted by atomic mass is 35.5. The van der Waals surface area contributed by atoms with Crippen LogP contribution in [0.25, 0.3) is 0 Å². The zero-order valence-electron chi connectivity index (χ0n) is 17.2. The van der Waals surface area contributed by atoms with Crippen molar-refractivity contribution in [2.45, 2.75) is 45.2 Å². The van der Waals surface area contributed by atoms with Gasteiger partial charge in [-0.3, -0.25) is 9.89 Å². The molecule has 0 atom stereocenters. The van der Waals surface area contributed by atoms with Crippen LogP contribution in [-0.4, -0.2) is 56.3 Å². The van der Waals surface area contributed by atoms with Crippen LogP contribution in [0.3, 0.4) is 0 Å². The monoisotopic (exact) mass is 438 g/mol. The maximum atomic E-state index is 6.14. The average molecular weight is 439 g/mol. The standard InChI is InChI=1S/C22H32Cl2N4O/c1-2-25-22(26-10-5-17-8-13-29-14-9-17)27-19-6-11-28(12-7-19)16-18-3-4-20(23)21(24)15-18/h3-4,8,15,19H,2,5-7,9-14,16H2,1H3,(H2,25,26,27). The number of hydrogen-bond donors (Lipinski definition) is 2. The Kier molecular flexibility index (Phi) is 9.12. The summed E-state index contributed by atoms with van der Waals surface area (Å²) in [6, 6.07) is 6.36. The molecule has 2 aliphatic heterocycles. The zero-order chi connectivity index (χ0) is 20.5. The number of nitrogens with zero attached hydrogens (tertiary/aromatic N) is 2. The number of halogens is 2. The SMILES string of the molecule is CCNC(=NCCC1=CCOCC1)NC1CCN(Cc2ccc(Cl)c(Cl)c2)CC1. The van der Waals surface area contributed by atoms with Crippen LogP contribution < -0.4 is 10.6 Å². The summed E-state index contributed by atoms with van der Waals surface area (Å²) in [5.41, 5.74) is 2.68. The molecule has 7 heteroatoms. The minimum atomic E-state index is 0.458. The first-order valence-corrected chi connectivity index (χ1v) is 11.4. The third kappa shape index (κ3) is 7.49. The van der Waals surface area contributed by atoms with Gasteiger partial charge in [0.15, 0.2) is 5.96 Å². The third-order valence-electron chi connectivity index (χ3n) is 5.42. The van der Waals surface area contributed by atoms with Gasteiger partial charge in [-0.1, -0.05) is 40.9 Å². The van der Waals surface area contributed by atoms with Crippen molar-refractivity contribution in [3.05, 3.63) is 45.5 Å². The first-order chi connectivity index (χ1) is 14.1. The normalized spacial score (nSPS) is 19.1. The lowest BCUT2D eigenvalue weighted by atomic mass is 10.0. The maximum Gasteiger partial charge on any atom is 0.191 e. The molecule has 0 unspecified atom stereocenters. The van der Waals surface area contributed by atoms with E-state index in [4.69, 9.17) is 32.9 Å². The van der Waals surface area contributed by atoms with Gasteiger partial charge in [0, 0.05) is 38.8 Å². The minimum absolute atomic E-state index is 0.458. The molecule has 2 N–H and O–H groups in total. The van der Waals surface area contributed by atoms with Gasteiger partial charge >= 0.3 is 0 Å². The second-order valence-electron chi connectivity index (χ2n) is 7.64. The van der Waals surface area contributed by atoms with Crippen LogP contribution >= 0.6 is 23.2 Å². The Bertz CT molecular complexity index is 715. The number of benzene rings is 1. The molecular formula is C22H32Cl2N4O. The van der Waals surface area contributed by atoms with Crippen LogP contribution in [0.4, 0.5) is 0 Å². The van der Waals surface area contributed by atoms with Crippen LogP contribution in [0.15, 0.2) is 34.8 Å². The summed E-state index contributed by atoms with van der Waals surface area (Å²) < 4.78 is 5.37. The van der Waals surface area contributed by atoms with Crippen molar-refractivity contribution in [2.24, 2.45) is 4.99 Å². The number of rotatable bonds is 7. The lowest BCUT2D eigenvalue weighted by molar-refractivity contribution is 0.153. The van der Waals surface area contributed by atoms with E-state index in [-0.39, 0.29) is 0 Å². The summed E-state index contributed by atoms with van der Waals surface area (Å²) in [6.45, 7) is 8.42. The summed E-state index contributed by atoms with van der Waals surface area (Å²) in [4.78, 5) is 7.25. The number of nitrogens with one attached hydrogen (secondary N) is 2. The first kappa shape index (κ1) is 22.4. The maximum absolute atomic E-state index is 6.14. The van der Waals surface area contributed by atoms with E-state index in [1.54, 1.807) is 0 Å². The molecule has 2 heterocycles. The average Bonchev–Trinajstić information content (AvgIpc) is 2.73. The molecule has 0 aromatic heterocycles. The van der Waals surface area contributed by atoms with Crippen molar-refractivity contribution in [1.29, 1.82) is 0 Å². The third-order valence-corrected chi connectivity index (χ3v) is 6.16. The van der Waals surface area contributed by atoms with Gasteiger partial charge in [0.1, 0.15) is 0 Å². The molecule has 0 spiro atoms. The van der Waals surface area contributed by atoms with Crippen molar-refractivity contribution in [3.8, 4) is 0 Å². The molecule has 0 amide bonds. The molecule has 1 aromatic rings. The molecule has 0 radical (unpaired) electrons. The van der Waals surface area contributed by atoms with Crippen molar-refractivity contribution in [2.75, 3.05) is 39.4 Å². The van der Waals surface area contributed by atoms with Crippen LogP contribution in [0.2, 0.25) is 10.0 Å². The molecule has 3 rings (SSSR count). The topological polar surface area (TPSA) is 48.9 Å². The van der Waals surface area contributed by atoms with E-state index in [1.807, 2.05) is 12.1 Å². The molecule has 5 nitrogen and oxygen atoms in total. The fourth-order valence-electron chi connectivity index (χ4n) is 3.75. The van der Waals surface area contributed by atoms with Gasteiger partial charge < -0.3 is 15.4 Å². The van der Waals surface area contributed by atoms with Crippen LogP contribution in [0, 0.1) is 0 Å². The van der Waals surface area contributed by atoms with Crippen LogP contribution in [-0.2, 0) is 11.3 Å². The highest BCUT2D eigenvalue weighted by Crippen LogP contribution is 2.24. The number of likely N-dealkylation sites (tertiary alicyclic amines) is 1. The van der Waals surface area contributed by atoms with E-state index in [1.165, 1.54) is 11.1 Å². The van der Waals surface area contributed by atoms with Gasteiger partial charge in [-0.15, -0.1) is 0 Å². The van der Waals surface area contributed by atoms with Crippen molar-refractivity contribution >= 4 is 29.2 Å². The van der Waals surface area contributed by atoms with Gasteiger partial charge in [-0.2, -0.15) is 0 Å². The Morgan fingerprint density at radius 2 is 2.07 bits per heavy atom. The van der Waals surface area contributed by atoms with Crippen molar-refractivity contribution < 1.29 is 4.74 Å². The summed E-state index contributed by atoms with van der Waals surface area (Å²) in [5.74, 6) is 0.933. The summed E-state index contributed by atoms with van der Waals surface area (Å²) in [7, 11) is 0. The molecular weight excluding hydrogens is 407 g/mol. The fourth-order valence-corrected chi connectivity index (χ4v) is 4.07. The van der Waals surface area contributed by atoms with E-state index < -0.39 is 0 Å². The number of guanidine groups is 1. The Balaban J connectivity index is 1.43. The number of piperidine rings is 1. The highest BCUT2D eigenvalue weighted by Gasteiger charge is 2.20. The molecule has 0 saturated carbocycles. The van der Waals surface area contributed by atoms with Gasteiger partial charge in [0.05, 0.1) is 23.3 Å². The molecule has 0 aliphatic carbocycles. The van der Waals surface area contributed by atoms with Crippen LogP contribution in [0.1, 0.15) is 38.2 Å². The van der Waals surface area contributed by atoms with Gasteiger partial charge in [0.25, 0.3) is 0 Å². The second kappa shape index (κ2) is 11.8. The molecule has 1 fully saturated rings. The molecule has 160 valence electrons. The second-order valence-corrected chi connectivity index (χ2v) is 8.46. The van der Waals surface area contributed by atoms with Crippen molar-refractivity contribution in [3.63, 3.8) is 0 Å². The lowest BCUT2D eigenvalue weighted by Crippen LogP contribution is -2.48. The molecule has 0 bridgehead atoms. The van der Waals surface area contributed by atoms with E-state index in [0.29, 0.717) is 16.1 Å². The summed E-state index contributed by atoms with van der Waals surface area (Å²) in [5, 5.41) is 8.25. The van der Waals surface area contributed by atoms with Gasteiger partial charge in [-0.05, 0) is 50.3 Å². The molecule has 1 saturated heterocycles. The van der Waals surface area contributed by atoms with E-state index >= 15 is 0 Å². The first-order valence-electron chi connectivity index (χ1n) is 10.6. The fraction of sp³-hybridized carbons (Fsp3) is 0.591. The van der Waals surface area contributed by atoms with Crippen LogP contribution in [0.5, 0.6) is 0 Å². The number of hydrogen-bond acceptors (Lipinski definition) is 3. The Hall–Kier alpha value is -1.27. The summed E-state index contributed by atoms with van der Waals surface area (Å²) in [6.07, 6.45) is 6.46. The van der Waals surface area contributed by atoms with Gasteiger partial charge in [0.2, 0.25) is 0 Å². The summed E-state index contributed by atoms with van der Waals surface area (Å²) >= 11 is 12.2. The molecule has 1 aromatic carbocycles. The van der Waals surface area contributed by atoms with Gasteiger partial charge in [-0.25, -0.2) is 0 Å². The Labute approximate surface area is 184 Å². The highest BCUT2D eigenvalue weighted by molar-refractivity contribution is 6.42. The largest absolute Gasteiger partial charge is 0.377 e. The molecule has 29 heavy (non-hydrogen) atoms. The van der Waals surface area contributed by atoms with E-state index in [2.05, 4.69) is 34.6 Å². The molecule has 2 aliphatic rings. The number of ether oxygens (including phenoxy) is 1. The Morgan fingerprint density at radius 1 is 1.24 bits per heavy atom. The zero-order valence-corrected chi connectivity index (χ0v) is 18.7. The Morgan fingerprint density at radius 3 is 2.76 bits per heavy atom. The van der Waals surface area contributed by atoms with E-state index in [9.17, 15) is 0 Å². The smallest absolute Gasteiger partial charge is 0.191 e. The lowest BCUT2D eigenvalue weighted by Gasteiger charge is -2.33. The number of aliphatic imine (C=N–C) groups is 1. The predicted molar refractivity (Wildman–Crippen MR) is 122 cm³/mol. The minimum Gasteiger partial charge on any atom is -0.377 e. The van der Waals surface area contributed by atoms with Crippen molar-refractivity contribution in [1.82, 2.24) is 15.5 Å².